The van der Waals surface area contributed by atoms with Crippen LogP contribution in [0.15, 0.2) is 24.3 Å². The molecule has 1 aromatic rings. The Bertz CT molecular complexity index is 471. The maximum Gasteiger partial charge on any atom is 0.339 e. The Morgan fingerprint density at radius 3 is 2.79 bits per heavy atom. The standard InChI is InChI=1S/C15H22N2O2/c1-15(2)13(16)9-6-10-17(15)12-8-5-4-7-11(12)14(18)19-3/h4-5,7-8,13H,6,9-10,16H2,1-3H3. The first-order valence-electron chi connectivity index (χ1n) is 6.69. The van der Waals surface area contributed by atoms with E-state index in [4.69, 9.17) is 10.5 Å². The van der Waals surface area contributed by atoms with Gasteiger partial charge in [-0.25, -0.2) is 4.79 Å². The van der Waals surface area contributed by atoms with Crippen LogP contribution in [0.4, 0.5) is 5.69 Å². The molecule has 1 aliphatic heterocycles. The van der Waals surface area contributed by atoms with Gasteiger partial charge in [0.1, 0.15) is 0 Å². The number of benzene rings is 1. The van der Waals surface area contributed by atoms with Gasteiger partial charge in [0.15, 0.2) is 0 Å². The first-order valence-corrected chi connectivity index (χ1v) is 6.69. The van der Waals surface area contributed by atoms with E-state index in [1.807, 2.05) is 18.2 Å². The summed E-state index contributed by atoms with van der Waals surface area (Å²) in [6, 6.07) is 7.67. The van der Waals surface area contributed by atoms with Gasteiger partial charge < -0.3 is 15.4 Å². The van der Waals surface area contributed by atoms with Crippen molar-refractivity contribution in [2.45, 2.75) is 38.3 Å². The van der Waals surface area contributed by atoms with Crippen molar-refractivity contribution < 1.29 is 9.53 Å². The van der Waals surface area contributed by atoms with Crippen molar-refractivity contribution in [1.82, 2.24) is 0 Å². The Morgan fingerprint density at radius 1 is 1.42 bits per heavy atom. The highest BCUT2D eigenvalue weighted by Gasteiger charge is 2.37. The second kappa shape index (κ2) is 5.21. The van der Waals surface area contributed by atoms with E-state index >= 15 is 0 Å². The number of rotatable bonds is 2. The number of para-hydroxylation sites is 1. The summed E-state index contributed by atoms with van der Waals surface area (Å²) >= 11 is 0. The minimum absolute atomic E-state index is 0.104. The average Bonchev–Trinajstić information content (AvgIpc) is 2.41. The molecule has 1 heterocycles. The molecule has 4 heteroatoms. The van der Waals surface area contributed by atoms with Crippen molar-refractivity contribution in [3.05, 3.63) is 29.8 Å². The molecule has 2 rings (SSSR count). The number of nitrogens with zero attached hydrogens (tertiary/aromatic N) is 1. The fraction of sp³-hybridized carbons (Fsp3) is 0.533. The number of piperidine rings is 1. The predicted octanol–water partition coefficient (Wildman–Crippen LogP) is 2.18. The summed E-state index contributed by atoms with van der Waals surface area (Å²) in [6.07, 6.45) is 2.06. The highest BCUT2D eigenvalue weighted by Crippen LogP contribution is 2.34. The lowest BCUT2D eigenvalue weighted by Crippen LogP contribution is -2.60. The molecule has 2 N–H and O–H groups in total. The minimum atomic E-state index is -0.300. The Kier molecular flexibility index (Phi) is 3.80. The fourth-order valence-corrected chi connectivity index (χ4v) is 2.73. The number of methoxy groups -OCH3 is 1. The van der Waals surface area contributed by atoms with E-state index in [2.05, 4.69) is 18.7 Å². The summed E-state index contributed by atoms with van der Waals surface area (Å²) < 4.78 is 4.87. The molecule has 104 valence electrons. The van der Waals surface area contributed by atoms with Crippen molar-refractivity contribution in [2.24, 2.45) is 5.73 Å². The smallest absolute Gasteiger partial charge is 0.339 e. The Hall–Kier alpha value is -1.55. The summed E-state index contributed by atoms with van der Waals surface area (Å²) in [5.41, 5.74) is 7.59. The number of esters is 1. The number of carbonyl (C=O) groups excluding carboxylic acids is 1. The number of hydrogen-bond acceptors (Lipinski definition) is 4. The van der Waals surface area contributed by atoms with Crippen molar-refractivity contribution in [2.75, 3.05) is 18.6 Å². The van der Waals surface area contributed by atoms with Gasteiger partial charge in [-0.1, -0.05) is 12.1 Å². The van der Waals surface area contributed by atoms with E-state index in [0.717, 1.165) is 25.1 Å². The SMILES string of the molecule is COC(=O)c1ccccc1N1CCCC(N)C1(C)C. The summed E-state index contributed by atoms with van der Waals surface area (Å²) in [5.74, 6) is -0.300. The average molecular weight is 262 g/mol. The molecule has 1 fully saturated rings. The maximum absolute atomic E-state index is 11.9. The van der Waals surface area contributed by atoms with Crippen LogP contribution < -0.4 is 10.6 Å². The third-order valence-corrected chi connectivity index (χ3v) is 4.10. The Balaban J connectivity index is 2.43. The molecule has 0 saturated carbocycles. The van der Waals surface area contributed by atoms with Crippen LogP contribution in [-0.4, -0.2) is 31.2 Å². The van der Waals surface area contributed by atoms with Gasteiger partial charge in [0.05, 0.1) is 18.4 Å². The molecule has 0 amide bonds. The molecule has 0 radical (unpaired) electrons. The molecule has 4 nitrogen and oxygen atoms in total. The van der Waals surface area contributed by atoms with Crippen LogP contribution in [0.2, 0.25) is 0 Å². The molecule has 1 aliphatic rings. The third kappa shape index (κ3) is 2.45. The molecule has 0 spiro atoms. The zero-order chi connectivity index (χ0) is 14.0. The number of nitrogens with two attached hydrogens (primary N) is 1. The number of carbonyl (C=O) groups is 1. The third-order valence-electron chi connectivity index (χ3n) is 4.10. The molecule has 0 aromatic heterocycles. The van der Waals surface area contributed by atoms with Crippen molar-refractivity contribution in [3.8, 4) is 0 Å². The van der Waals surface area contributed by atoms with Gasteiger partial charge in [0.2, 0.25) is 0 Å². The van der Waals surface area contributed by atoms with Crippen LogP contribution in [0.5, 0.6) is 0 Å². The van der Waals surface area contributed by atoms with Crippen LogP contribution in [0, 0.1) is 0 Å². The molecule has 1 aromatic carbocycles. The summed E-state index contributed by atoms with van der Waals surface area (Å²) in [7, 11) is 1.41. The second-order valence-electron chi connectivity index (χ2n) is 5.56. The van der Waals surface area contributed by atoms with Crippen LogP contribution in [0.25, 0.3) is 0 Å². The Labute approximate surface area is 114 Å². The molecule has 19 heavy (non-hydrogen) atoms. The largest absolute Gasteiger partial charge is 0.465 e. The number of ether oxygens (including phenoxy) is 1. The molecule has 0 aliphatic carbocycles. The maximum atomic E-state index is 11.9. The minimum Gasteiger partial charge on any atom is -0.465 e. The predicted molar refractivity (Wildman–Crippen MR) is 76.4 cm³/mol. The molecular formula is C15H22N2O2. The van der Waals surface area contributed by atoms with Gasteiger partial charge in [0, 0.05) is 18.1 Å². The highest BCUT2D eigenvalue weighted by atomic mass is 16.5. The van der Waals surface area contributed by atoms with Gasteiger partial charge in [0.25, 0.3) is 0 Å². The van der Waals surface area contributed by atoms with Crippen LogP contribution >= 0.6 is 0 Å². The number of hydrogen-bond donors (Lipinski definition) is 1. The zero-order valence-corrected chi connectivity index (χ0v) is 11.8. The molecular weight excluding hydrogens is 240 g/mol. The van der Waals surface area contributed by atoms with Gasteiger partial charge in [-0.15, -0.1) is 0 Å². The molecule has 1 atom stereocenters. The quantitative estimate of drug-likeness (QED) is 0.830. The van der Waals surface area contributed by atoms with Gasteiger partial charge in [-0.2, -0.15) is 0 Å². The normalized spacial score (nSPS) is 22.1. The molecule has 0 bridgehead atoms. The molecule has 1 saturated heterocycles. The van der Waals surface area contributed by atoms with Crippen molar-refractivity contribution in [1.29, 1.82) is 0 Å². The van der Waals surface area contributed by atoms with Crippen molar-refractivity contribution in [3.63, 3.8) is 0 Å². The van der Waals surface area contributed by atoms with Gasteiger partial charge >= 0.3 is 5.97 Å². The summed E-state index contributed by atoms with van der Waals surface area (Å²) in [4.78, 5) is 14.1. The van der Waals surface area contributed by atoms with Gasteiger partial charge in [-0.05, 0) is 38.8 Å². The lowest BCUT2D eigenvalue weighted by molar-refractivity contribution is 0.0601. The lowest BCUT2D eigenvalue weighted by Gasteiger charge is -2.48. The van der Waals surface area contributed by atoms with E-state index in [1.54, 1.807) is 6.07 Å². The van der Waals surface area contributed by atoms with Crippen molar-refractivity contribution >= 4 is 11.7 Å². The molecule has 1 unspecified atom stereocenters. The number of anilines is 1. The van der Waals surface area contributed by atoms with E-state index in [-0.39, 0.29) is 17.6 Å². The zero-order valence-electron chi connectivity index (χ0n) is 11.8. The fourth-order valence-electron chi connectivity index (χ4n) is 2.73. The van der Waals surface area contributed by atoms with E-state index < -0.39 is 0 Å². The van der Waals surface area contributed by atoms with Gasteiger partial charge in [-0.3, -0.25) is 0 Å². The first-order chi connectivity index (χ1) is 8.98. The van der Waals surface area contributed by atoms with Crippen LogP contribution in [0.3, 0.4) is 0 Å². The Morgan fingerprint density at radius 2 is 2.11 bits per heavy atom. The topological polar surface area (TPSA) is 55.6 Å². The highest BCUT2D eigenvalue weighted by molar-refractivity contribution is 5.96. The van der Waals surface area contributed by atoms with Crippen LogP contribution in [-0.2, 0) is 4.74 Å². The summed E-state index contributed by atoms with van der Waals surface area (Å²) in [6.45, 7) is 5.17. The lowest BCUT2D eigenvalue weighted by atomic mass is 9.84. The van der Waals surface area contributed by atoms with E-state index in [1.165, 1.54) is 7.11 Å². The summed E-state index contributed by atoms with van der Waals surface area (Å²) in [5, 5.41) is 0. The monoisotopic (exact) mass is 262 g/mol. The second-order valence-corrected chi connectivity index (χ2v) is 5.56. The van der Waals surface area contributed by atoms with E-state index in [0.29, 0.717) is 5.56 Å². The first kappa shape index (κ1) is 13.9. The van der Waals surface area contributed by atoms with E-state index in [9.17, 15) is 4.79 Å². The van der Waals surface area contributed by atoms with Crippen LogP contribution in [0.1, 0.15) is 37.0 Å².